The lowest BCUT2D eigenvalue weighted by atomic mass is 10.3. The maximum Gasteiger partial charge on any atom is 0.291 e. The van der Waals surface area contributed by atoms with E-state index in [-0.39, 0.29) is 11.7 Å². The van der Waals surface area contributed by atoms with Gasteiger partial charge in [0.2, 0.25) is 5.82 Å². The Morgan fingerprint density at radius 3 is 2.78 bits per heavy atom. The highest BCUT2D eigenvalue weighted by atomic mass is 35.5. The number of aryl methyl sites for hydroxylation is 1. The molecule has 1 aliphatic rings. The van der Waals surface area contributed by atoms with Crippen molar-refractivity contribution in [2.24, 2.45) is 0 Å². The summed E-state index contributed by atoms with van der Waals surface area (Å²) in [6, 6.07) is 7.36. The van der Waals surface area contributed by atoms with Gasteiger partial charge in [0.25, 0.3) is 5.91 Å². The molecule has 7 heteroatoms. The van der Waals surface area contributed by atoms with Gasteiger partial charge in [-0.05, 0) is 45.0 Å². The lowest BCUT2D eigenvalue weighted by Gasteiger charge is -2.13. The van der Waals surface area contributed by atoms with Crippen LogP contribution in [0.3, 0.4) is 0 Å². The molecule has 0 unspecified atom stereocenters. The largest absolute Gasteiger partial charge is 0.348 e. The molecule has 1 N–H and O–H groups in total. The van der Waals surface area contributed by atoms with Gasteiger partial charge in [-0.15, -0.1) is 5.10 Å². The number of hydrogen-bond donors (Lipinski definition) is 1. The molecule has 1 saturated heterocycles. The van der Waals surface area contributed by atoms with Crippen molar-refractivity contribution in [1.82, 2.24) is 25.0 Å². The van der Waals surface area contributed by atoms with Crippen LogP contribution in [0.4, 0.5) is 0 Å². The van der Waals surface area contributed by atoms with E-state index >= 15 is 0 Å². The Hall–Kier alpha value is -1.92. The first kappa shape index (κ1) is 16.0. The third-order valence-electron chi connectivity index (χ3n) is 3.96. The van der Waals surface area contributed by atoms with E-state index in [1.165, 1.54) is 12.8 Å². The Bertz CT molecular complexity index is 694. The molecular formula is C16H20ClN5O. The SMILES string of the molecule is Cc1nc(C(=O)NCCN2CCCC2)nn1-c1ccccc1Cl. The van der Waals surface area contributed by atoms with E-state index in [1.54, 1.807) is 17.7 Å². The number of likely N-dealkylation sites (tertiary alicyclic amines) is 1. The fraction of sp³-hybridized carbons (Fsp3) is 0.438. The number of carbonyl (C=O) groups is 1. The van der Waals surface area contributed by atoms with Gasteiger partial charge in [-0.3, -0.25) is 4.79 Å². The summed E-state index contributed by atoms with van der Waals surface area (Å²) in [7, 11) is 0. The highest BCUT2D eigenvalue weighted by Crippen LogP contribution is 2.20. The number of rotatable bonds is 5. The Labute approximate surface area is 140 Å². The molecule has 0 bridgehead atoms. The zero-order valence-corrected chi connectivity index (χ0v) is 13.9. The second-order valence-electron chi connectivity index (χ2n) is 5.65. The molecule has 1 aliphatic heterocycles. The zero-order valence-electron chi connectivity index (χ0n) is 13.1. The number of aromatic nitrogens is 3. The average molecular weight is 334 g/mol. The number of benzene rings is 1. The van der Waals surface area contributed by atoms with E-state index in [1.807, 2.05) is 18.2 Å². The maximum atomic E-state index is 12.2. The van der Waals surface area contributed by atoms with Crippen LogP contribution in [0.1, 0.15) is 29.3 Å². The van der Waals surface area contributed by atoms with Crippen molar-refractivity contribution in [3.8, 4) is 5.69 Å². The summed E-state index contributed by atoms with van der Waals surface area (Å²) >= 11 is 6.18. The molecule has 0 saturated carbocycles. The monoisotopic (exact) mass is 333 g/mol. The van der Waals surface area contributed by atoms with Gasteiger partial charge in [0.1, 0.15) is 5.82 Å². The Morgan fingerprint density at radius 2 is 2.04 bits per heavy atom. The molecule has 1 aromatic heterocycles. The third-order valence-corrected chi connectivity index (χ3v) is 4.28. The van der Waals surface area contributed by atoms with Crippen LogP contribution < -0.4 is 5.32 Å². The van der Waals surface area contributed by atoms with E-state index in [0.717, 1.165) is 25.3 Å². The van der Waals surface area contributed by atoms with Crippen LogP contribution in [0, 0.1) is 6.92 Å². The summed E-state index contributed by atoms with van der Waals surface area (Å²) in [5.41, 5.74) is 0.718. The molecule has 0 atom stereocenters. The molecular weight excluding hydrogens is 314 g/mol. The first-order chi connectivity index (χ1) is 11.1. The van der Waals surface area contributed by atoms with Gasteiger partial charge in [0.05, 0.1) is 10.7 Å². The van der Waals surface area contributed by atoms with E-state index in [9.17, 15) is 4.79 Å². The predicted octanol–water partition coefficient (Wildman–Crippen LogP) is 2.05. The van der Waals surface area contributed by atoms with Gasteiger partial charge in [0.15, 0.2) is 0 Å². The molecule has 1 fully saturated rings. The summed E-state index contributed by atoms with van der Waals surface area (Å²) in [5.74, 6) is 0.546. The molecule has 0 radical (unpaired) electrons. The molecule has 1 aromatic carbocycles. The third kappa shape index (κ3) is 3.71. The summed E-state index contributed by atoms with van der Waals surface area (Å²) in [6.45, 7) is 5.52. The number of nitrogens with one attached hydrogen (secondary N) is 1. The minimum atomic E-state index is -0.252. The van der Waals surface area contributed by atoms with Crippen LogP contribution >= 0.6 is 11.6 Å². The number of nitrogens with zero attached hydrogens (tertiary/aromatic N) is 4. The van der Waals surface area contributed by atoms with Crippen LogP contribution in [-0.4, -0.2) is 51.8 Å². The Kier molecular flexibility index (Phi) is 4.93. The van der Waals surface area contributed by atoms with Crippen LogP contribution in [0.2, 0.25) is 5.02 Å². The molecule has 1 amide bonds. The number of hydrogen-bond acceptors (Lipinski definition) is 4. The van der Waals surface area contributed by atoms with Gasteiger partial charge >= 0.3 is 0 Å². The van der Waals surface area contributed by atoms with Crippen molar-refractivity contribution in [1.29, 1.82) is 0 Å². The molecule has 0 aliphatic carbocycles. The van der Waals surface area contributed by atoms with Crippen LogP contribution in [0.5, 0.6) is 0 Å². The van der Waals surface area contributed by atoms with E-state index in [0.29, 0.717) is 17.4 Å². The van der Waals surface area contributed by atoms with Crippen molar-refractivity contribution in [2.45, 2.75) is 19.8 Å². The van der Waals surface area contributed by atoms with Crippen LogP contribution in [0.25, 0.3) is 5.69 Å². The number of halogens is 1. The molecule has 2 heterocycles. The topological polar surface area (TPSA) is 63.1 Å². The molecule has 6 nitrogen and oxygen atoms in total. The predicted molar refractivity (Wildman–Crippen MR) is 89.1 cm³/mol. The summed E-state index contributed by atoms with van der Waals surface area (Å²) < 4.78 is 1.59. The second kappa shape index (κ2) is 7.10. The van der Waals surface area contributed by atoms with Gasteiger partial charge in [-0.25, -0.2) is 9.67 Å². The first-order valence-electron chi connectivity index (χ1n) is 7.84. The van der Waals surface area contributed by atoms with Gasteiger partial charge in [0, 0.05) is 13.1 Å². The van der Waals surface area contributed by atoms with Crippen LogP contribution in [-0.2, 0) is 0 Å². The molecule has 3 rings (SSSR count). The van der Waals surface area contributed by atoms with E-state index < -0.39 is 0 Å². The molecule has 122 valence electrons. The fourth-order valence-corrected chi connectivity index (χ4v) is 2.97. The van der Waals surface area contributed by atoms with Crippen LogP contribution in [0.15, 0.2) is 24.3 Å². The molecule has 2 aromatic rings. The number of carbonyl (C=O) groups excluding carboxylic acids is 1. The fourth-order valence-electron chi connectivity index (χ4n) is 2.75. The standard InChI is InChI=1S/C16H20ClN5O/c1-12-19-15(16(23)18-8-11-21-9-4-5-10-21)20-22(12)14-7-3-2-6-13(14)17/h2-3,6-7H,4-5,8-11H2,1H3,(H,18,23). The Morgan fingerprint density at radius 1 is 1.30 bits per heavy atom. The van der Waals surface area contributed by atoms with Gasteiger partial charge in [-0.1, -0.05) is 23.7 Å². The van der Waals surface area contributed by atoms with Crippen molar-refractivity contribution in [3.05, 3.63) is 40.9 Å². The molecule has 23 heavy (non-hydrogen) atoms. The Balaban J connectivity index is 1.65. The smallest absolute Gasteiger partial charge is 0.291 e. The summed E-state index contributed by atoms with van der Waals surface area (Å²) in [4.78, 5) is 18.8. The van der Waals surface area contributed by atoms with Crippen molar-refractivity contribution < 1.29 is 4.79 Å². The van der Waals surface area contributed by atoms with E-state index in [4.69, 9.17) is 11.6 Å². The number of para-hydroxylation sites is 1. The first-order valence-corrected chi connectivity index (χ1v) is 8.22. The van der Waals surface area contributed by atoms with Gasteiger partial charge in [-0.2, -0.15) is 0 Å². The summed E-state index contributed by atoms with van der Waals surface area (Å²) in [6.07, 6.45) is 2.49. The van der Waals surface area contributed by atoms with Crippen molar-refractivity contribution in [3.63, 3.8) is 0 Å². The summed E-state index contributed by atoms with van der Waals surface area (Å²) in [5, 5.41) is 7.74. The zero-order chi connectivity index (χ0) is 16.2. The lowest BCUT2D eigenvalue weighted by molar-refractivity contribution is 0.0939. The minimum absolute atomic E-state index is 0.170. The lowest BCUT2D eigenvalue weighted by Crippen LogP contribution is -2.34. The molecule has 0 spiro atoms. The maximum absolute atomic E-state index is 12.2. The average Bonchev–Trinajstić information content (AvgIpc) is 3.17. The minimum Gasteiger partial charge on any atom is -0.348 e. The van der Waals surface area contributed by atoms with Crippen molar-refractivity contribution in [2.75, 3.05) is 26.2 Å². The normalized spacial score (nSPS) is 15.0. The second-order valence-corrected chi connectivity index (χ2v) is 6.06. The highest BCUT2D eigenvalue weighted by molar-refractivity contribution is 6.32. The highest BCUT2D eigenvalue weighted by Gasteiger charge is 2.17. The van der Waals surface area contributed by atoms with Crippen molar-refractivity contribution >= 4 is 17.5 Å². The van der Waals surface area contributed by atoms with Gasteiger partial charge < -0.3 is 10.2 Å². The number of amides is 1. The quantitative estimate of drug-likeness (QED) is 0.909. The van der Waals surface area contributed by atoms with E-state index in [2.05, 4.69) is 20.3 Å².